The van der Waals surface area contributed by atoms with E-state index in [0.29, 0.717) is 25.1 Å². The number of barbiturate groups is 1. The summed E-state index contributed by atoms with van der Waals surface area (Å²) in [5.74, 6) is -1.48. The molecule has 4 amide bonds. The number of anilines is 1. The van der Waals surface area contributed by atoms with Crippen molar-refractivity contribution in [1.29, 1.82) is 0 Å². The molecule has 4 heterocycles. The fraction of sp³-hybridized carbons (Fsp3) is 0.462. The van der Waals surface area contributed by atoms with Crippen molar-refractivity contribution >= 4 is 34.9 Å². The van der Waals surface area contributed by atoms with Crippen molar-refractivity contribution < 1.29 is 19.5 Å². The van der Waals surface area contributed by atoms with Gasteiger partial charge in [-0.3, -0.25) is 38.3 Å². The van der Waals surface area contributed by atoms with Gasteiger partial charge in [0.05, 0.1) is 17.4 Å². The molecule has 12 nitrogen and oxygen atoms in total. The highest BCUT2D eigenvalue weighted by atomic mass is 16.3. The predicted octanol–water partition coefficient (Wildman–Crippen LogP) is 0.882. The summed E-state index contributed by atoms with van der Waals surface area (Å²) < 4.78 is 1.90. The minimum atomic E-state index is -1.43. The smallest absolute Gasteiger partial charge is 0.333 e. The van der Waals surface area contributed by atoms with Crippen LogP contribution in [-0.2, 0) is 30.1 Å². The first-order chi connectivity index (χ1) is 17.9. The van der Waals surface area contributed by atoms with Crippen molar-refractivity contribution in [2.24, 2.45) is 24.5 Å². The fourth-order valence-electron chi connectivity index (χ4n) is 6.13. The number of amides is 4. The van der Waals surface area contributed by atoms with Gasteiger partial charge >= 0.3 is 11.7 Å². The molecule has 3 aliphatic rings. The first-order valence-electron chi connectivity index (χ1n) is 12.5. The van der Waals surface area contributed by atoms with Crippen LogP contribution in [0, 0.1) is 5.41 Å². The van der Waals surface area contributed by atoms with Gasteiger partial charge in [0.1, 0.15) is 5.56 Å². The van der Waals surface area contributed by atoms with Crippen molar-refractivity contribution in [2.75, 3.05) is 25.5 Å². The molecule has 2 aromatic rings. The van der Waals surface area contributed by atoms with Crippen molar-refractivity contribution in [3.63, 3.8) is 0 Å². The molecule has 0 bridgehead atoms. The molecule has 1 spiro atoms. The first-order valence-corrected chi connectivity index (χ1v) is 12.5. The summed E-state index contributed by atoms with van der Waals surface area (Å²) in [6.45, 7) is 2.46. The number of urea groups is 1. The monoisotopic (exact) mass is 522 g/mol. The van der Waals surface area contributed by atoms with Crippen LogP contribution in [0.2, 0.25) is 0 Å². The minimum absolute atomic E-state index is 0.0645. The summed E-state index contributed by atoms with van der Waals surface area (Å²) in [5, 5.41) is 10.6. The van der Waals surface area contributed by atoms with Crippen LogP contribution >= 0.6 is 0 Å². The van der Waals surface area contributed by atoms with Gasteiger partial charge in [-0.2, -0.15) is 0 Å². The number of aliphatic imine (C=N–C) groups is 1. The molecule has 12 heteroatoms. The van der Waals surface area contributed by atoms with Crippen LogP contribution in [0.25, 0.3) is 0 Å². The lowest BCUT2D eigenvalue weighted by atomic mass is 9.68. The molecule has 1 aromatic carbocycles. The molecule has 1 unspecified atom stereocenters. The average molecular weight is 523 g/mol. The lowest BCUT2D eigenvalue weighted by molar-refractivity contribution is -0.159. The molecule has 0 saturated carbocycles. The van der Waals surface area contributed by atoms with Crippen LogP contribution in [0.15, 0.2) is 32.8 Å². The number of aromatic nitrogens is 2. The number of carbonyl (C=O) groups excluding carboxylic acids is 3. The Balaban J connectivity index is 1.64. The van der Waals surface area contributed by atoms with Gasteiger partial charge in [-0.05, 0) is 49.4 Å². The Morgan fingerprint density at radius 2 is 1.68 bits per heavy atom. The number of aromatic hydroxyl groups is 1. The quantitative estimate of drug-likeness (QED) is 0.467. The normalized spacial score (nSPS) is 20.9. The molecule has 38 heavy (non-hydrogen) atoms. The number of carbonyl (C=O) groups is 3. The zero-order chi connectivity index (χ0) is 27.7. The highest BCUT2D eigenvalue weighted by Gasteiger charge is 2.63. The van der Waals surface area contributed by atoms with Crippen LogP contribution in [0.5, 0.6) is 5.88 Å². The van der Waals surface area contributed by atoms with Crippen molar-refractivity contribution in [3.05, 3.63) is 50.2 Å². The summed E-state index contributed by atoms with van der Waals surface area (Å²) in [5.41, 5.74) is -0.407. The van der Waals surface area contributed by atoms with Crippen molar-refractivity contribution in [1.82, 2.24) is 18.9 Å². The summed E-state index contributed by atoms with van der Waals surface area (Å²) in [7, 11) is 5.51. The number of rotatable bonds is 3. The fourth-order valence-corrected chi connectivity index (χ4v) is 6.13. The van der Waals surface area contributed by atoms with Gasteiger partial charge in [-0.1, -0.05) is 6.92 Å². The maximum atomic E-state index is 13.6. The summed E-state index contributed by atoms with van der Waals surface area (Å²) in [6.07, 6.45) is 1.87. The Morgan fingerprint density at radius 3 is 2.32 bits per heavy atom. The predicted molar refractivity (Wildman–Crippen MR) is 139 cm³/mol. The topological polar surface area (TPSA) is 138 Å². The Kier molecular flexibility index (Phi) is 5.80. The van der Waals surface area contributed by atoms with E-state index in [2.05, 4.69) is 9.89 Å². The number of fused-ring (bicyclic) bond motifs is 4. The molecule has 3 aliphatic heterocycles. The molecule has 1 aromatic heterocycles. The third kappa shape index (κ3) is 3.28. The lowest BCUT2D eigenvalue weighted by Crippen LogP contribution is -2.70. The Bertz CT molecular complexity index is 1530. The number of imide groups is 2. The third-order valence-electron chi connectivity index (χ3n) is 8.13. The van der Waals surface area contributed by atoms with E-state index in [0.717, 1.165) is 36.6 Å². The molecule has 1 N–H and O–H groups in total. The minimum Gasteiger partial charge on any atom is -0.494 e. The van der Waals surface area contributed by atoms with Crippen LogP contribution in [-0.4, -0.2) is 74.3 Å². The second kappa shape index (κ2) is 8.67. The maximum Gasteiger partial charge on any atom is 0.333 e. The van der Waals surface area contributed by atoms with E-state index >= 15 is 0 Å². The lowest BCUT2D eigenvalue weighted by Gasteiger charge is -2.50. The second-order valence-corrected chi connectivity index (χ2v) is 10.1. The Labute approximate surface area is 218 Å². The van der Waals surface area contributed by atoms with E-state index in [4.69, 9.17) is 0 Å². The van der Waals surface area contributed by atoms with Gasteiger partial charge in [0.2, 0.25) is 17.7 Å². The van der Waals surface area contributed by atoms with E-state index < -0.39 is 40.4 Å². The average Bonchev–Trinajstić information content (AvgIpc) is 3.42. The van der Waals surface area contributed by atoms with E-state index in [1.807, 2.05) is 6.07 Å². The van der Waals surface area contributed by atoms with E-state index in [1.54, 1.807) is 19.1 Å². The number of benzene rings is 1. The number of nitrogens with zero attached hydrogens (tertiary/aromatic N) is 6. The molecule has 200 valence electrons. The van der Waals surface area contributed by atoms with Gasteiger partial charge in [0.25, 0.3) is 5.56 Å². The highest BCUT2D eigenvalue weighted by molar-refractivity contribution is 6.20. The van der Waals surface area contributed by atoms with Gasteiger partial charge < -0.3 is 10.0 Å². The van der Waals surface area contributed by atoms with E-state index in [9.17, 15) is 29.1 Å². The number of hydrogen-bond acceptors (Lipinski definition) is 8. The molecule has 1 atom stereocenters. The van der Waals surface area contributed by atoms with Gasteiger partial charge in [-0.15, -0.1) is 0 Å². The van der Waals surface area contributed by atoms with Gasteiger partial charge in [0, 0.05) is 40.4 Å². The largest absolute Gasteiger partial charge is 0.494 e. The zero-order valence-electron chi connectivity index (χ0n) is 22.0. The third-order valence-corrected chi connectivity index (χ3v) is 8.13. The Hall–Kier alpha value is -4.22. The SMILES string of the molecule is CCC(=Nc1ccc2c(c1)CC1(C(=O)N(C)C(=O)N(C)C1=O)C1CCCN21)c1c(O)n(C)c(=O)n(C)c1=O. The first kappa shape index (κ1) is 25.4. The highest BCUT2D eigenvalue weighted by Crippen LogP contribution is 2.49. The molecule has 5 rings (SSSR count). The molecular formula is C26H30N6O6. The summed E-state index contributed by atoms with van der Waals surface area (Å²) in [6, 6.07) is 4.45. The second-order valence-electron chi connectivity index (χ2n) is 10.1. The standard InChI is InChI=1S/C26H30N6O6/c1-6-16(19-20(33)28(2)24(37)29(3)21(19)34)27-15-9-10-17-14(12-15)13-26(18-8-7-11-32(17)18)22(35)30(4)25(38)31(5)23(26)36/h9-10,12,18,33H,6-8,11,13H2,1-5H3. The van der Waals surface area contributed by atoms with Crippen molar-refractivity contribution in [3.8, 4) is 5.88 Å². The van der Waals surface area contributed by atoms with Crippen LogP contribution in [0.3, 0.4) is 0 Å². The molecule has 2 fully saturated rings. The Morgan fingerprint density at radius 1 is 1.03 bits per heavy atom. The van der Waals surface area contributed by atoms with Crippen LogP contribution < -0.4 is 16.1 Å². The maximum absolute atomic E-state index is 13.6. The van der Waals surface area contributed by atoms with Crippen LogP contribution in [0.4, 0.5) is 16.2 Å². The van der Waals surface area contributed by atoms with Crippen LogP contribution in [0.1, 0.15) is 37.3 Å². The molecule has 0 aliphatic carbocycles. The molecule has 2 saturated heterocycles. The van der Waals surface area contributed by atoms with Gasteiger partial charge in [0.15, 0.2) is 5.41 Å². The summed E-state index contributed by atoms with van der Waals surface area (Å²) in [4.78, 5) is 73.5. The van der Waals surface area contributed by atoms with Gasteiger partial charge in [-0.25, -0.2) is 9.59 Å². The van der Waals surface area contributed by atoms with E-state index in [1.165, 1.54) is 28.2 Å². The molecular weight excluding hydrogens is 492 g/mol. The molecule has 0 radical (unpaired) electrons. The number of hydrogen-bond donors (Lipinski definition) is 1. The van der Waals surface area contributed by atoms with E-state index in [-0.39, 0.29) is 23.7 Å². The van der Waals surface area contributed by atoms with Crippen molar-refractivity contribution in [2.45, 2.75) is 38.6 Å². The summed E-state index contributed by atoms with van der Waals surface area (Å²) >= 11 is 0. The zero-order valence-corrected chi connectivity index (χ0v) is 22.0.